The third kappa shape index (κ3) is 6.54. The first-order chi connectivity index (χ1) is 20.1. The van der Waals surface area contributed by atoms with E-state index in [0.717, 1.165) is 28.0 Å². The first kappa shape index (κ1) is 32.0. The number of nitrogens with zero attached hydrogens (tertiary/aromatic N) is 2. The molecule has 1 saturated heterocycles. The number of rotatable bonds is 11. The van der Waals surface area contributed by atoms with Crippen molar-refractivity contribution in [3.05, 3.63) is 44.5 Å². The normalized spacial score (nSPS) is 18.9. The van der Waals surface area contributed by atoms with Crippen molar-refractivity contribution in [3.63, 3.8) is 0 Å². The van der Waals surface area contributed by atoms with Gasteiger partial charge in [-0.05, 0) is 31.6 Å². The van der Waals surface area contributed by atoms with Gasteiger partial charge in [0, 0.05) is 22.2 Å². The van der Waals surface area contributed by atoms with Gasteiger partial charge in [-0.15, -0.1) is 23.1 Å². The van der Waals surface area contributed by atoms with Crippen LogP contribution in [0.15, 0.2) is 33.3 Å². The Labute approximate surface area is 259 Å². The van der Waals surface area contributed by atoms with Gasteiger partial charge in [0.2, 0.25) is 5.91 Å². The predicted octanol–water partition coefficient (Wildman–Crippen LogP) is 0.493. The number of amides is 3. The molecule has 1 aromatic heterocycles. The fraction of sp³-hybridized carbons (Fsp3) is 0.333. The molecule has 0 bridgehead atoms. The number of hydrogen-bond donors (Lipinski definition) is 8. The van der Waals surface area contributed by atoms with Gasteiger partial charge in [-0.25, -0.2) is 14.6 Å². The molecule has 2 unspecified atom stereocenters. The molecule has 3 atom stereocenters. The summed E-state index contributed by atoms with van der Waals surface area (Å²) in [6, 6.07) is -0.0483. The number of halogens is 1. The zero-order valence-electron chi connectivity index (χ0n) is 22.3. The summed E-state index contributed by atoms with van der Waals surface area (Å²) in [4.78, 5) is 72.9. The van der Waals surface area contributed by atoms with Crippen LogP contribution in [0.25, 0.3) is 0 Å². The number of phenols is 2. The zero-order chi connectivity index (χ0) is 31.8. The van der Waals surface area contributed by atoms with E-state index in [1.54, 1.807) is 0 Å². The molecule has 1 aromatic carbocycles. The van der Waals surface area contributed by atoms with Crippen LogP contribution in [0.4, 0.5) is 5.13 Å². The van der Waals surface area contributed by atoms with Crippen LogP contribution in [0.5, 0.6) is 11.5 Å². The van der Waals surface area contributed by atoms with Crippen molar-refractivity contribution in [1.29, 1.82) is 0 Å². The van der Waals surface area contributed by atoms with Gasteiger partial charge in [0.15, 0.2) is 28.3 Å². The lowest BCUT2D eigenvalue weighted by atomic mass is 10.0. The number of phenolic OH excluding ortho intramolecular Hbond substituents is 2. The Kier molecular flexibility index (Phi) is 9.21. The number of hydroxylamine groups is 1. The highest BCUT2D eigenvalue weighted by molar-refractivity contribution is 9.10. The summed E-state index contributed by atoms with van der Waals surface area (Å²) in [6.45, 7) is 2.22. The first-order valence-corrected chi connectivity index (χ1v) is 14.9. The van der Waals surface area contributed by atoms with E-state index in [-0.39, 0.29) is 40.0 Å². The van der Waals surface area contributed by atoms with Crippen molar-refractivity contribution in [2.24, 2.45) is 0 Å². The highest BCUT2D eigenvalue weighted by Crippen LogP contribution is 2.40. The monoisotopic (exact) mass is 700 g/mol. The number of nitrogens with two attached hydrogens (primary N) is 1. The van der Waals surface area contributed by atoms with Crippen LogP contribution < -0.4 is 21.8 Å². The number of benzene rings is 1. The molecule has 2 aromatic rings. The summed E-state index contributed by atoms with van der Waals surface area (Å²) < 4.78 is 0.321. The number of carbonyl (C=O) groups excluding carboxylic acids is 3. The highest BCUT2D eigenvalue weighted by Gasteiger charge is 2.54. The van der Waals surface area contributed by atoms with E-state index >= 15 is 0 Å². The van der Waals surface area contributed by atoms with Gasteiger partial charge in [-0.1, -0.05) is 15.9 Å². The van der Waals surface area contributed by atoms with Crippen molar-refractivity contribution in [2.75, 3.05) is 18.0 Å². The minimum absolute atomic E-state index is 0.0681. The van der Waals surface area contributed by atoms with Gasteiger partial charge < -0.3 is 36.8 Å². The van der Waals surface area contributed by atoms with E-state index in [1.807, 2.05) is 0 Å². The summed E-state index contributed by atoms with van der Waals surface area (Å²) >= 11 is 5.28. The second-order valence-electron chi connectivity index (χ2n) is 9.74. The SMILES string of the molecule is CC(C)(ONC(C(=O)NC1C(=O)N2C(C(=O)O)=C(CNC(=O)c3cc(Br)cc(O)c3O)CS[C@@H]12)c1csc(N)n1)C(=O)O. The number of anilines is 1. The number of fused-ring (bicyclic) bond motifs is 1. The first-order valence-electron chi connectivity index (χ1n) is 12.2. The van der Waals surface area contributed by atoms with Gasteiger partial charge in [0.05, 0.1) is 11.3 Å². The fourth-order valence-corrected chi connectivity index (χ4v) is 6.41. The Morgan fingerprint density at radius 2 is 1.95 bits per heavy atom. The average molecular weight is 702 g/mol. The number of aromatic hydroxyl groups is 2. The van der Waals surface area contributed by atoms with Crippen molar-refractivity contribution in [1.82, 2.24) is 26.0 Å². The Morgan fingerprint density at radius 1 is 1.26 bits per heavy atom. The molecule has 43 heavy (non-hydrogen) atoms. The van der Waals surface area contributed by atoms with E-state index in [0.29, 0.717) is 4.47 Å². The molecule has 0 radical (unpaired) electrons. The quantitative estimate of drug-likeness (QED) is 0.0902. The van der Waals surface area contributed by atoms with E-state index in [1.165, 1.54) is 31.4 Å². The maximum atomic E-state index is 13.3. The number of nitrogen functional groups attached to an aromatic ring is 1. The number of thiazole rings is 1. The maximum absolute atomic E-state index is 13.3. The number of carbonyl (C=O) groups is 5. The molecule has 230 valence electrons. The van der Waals surface area contributed by atoms with Crippen LogP contribution in [0.2, 0.25) is 0 Å². The molecule has 9 N–H and O–H groups in total. The molecule has 2 aliphatic rings. The molecule has 0 aliphatic carbocycles. The van der Waals surface area contributed by atoms with Crippen molar-refractivity contribution in [2.45, 2.75) is 36.9 Å². The van der Waals surface area contributed by atoms with Gasteiger partial charge >= 0.3 is 11.9 Å². The van der Waals surface area contributed by atoms with E-state index in [9.17, 15) is 44.4 Å². The number of carboxylic acids is 2. The van der Waals surface area contributed by atoms with Gasteiger partial charge in [-0.2, -0.15) is 5.48 Å². The lowest BCUT2D eigenvalue weighted by molar-refractivity contribution is -0.175. The van der Waals surface area contributed by atoms with Crippen molar-refractivity contribution >= 4 is 73.8 Å². The molecule has 3 amide bonds. The third-order valence-electron chi connectivity index (χ3n) is 6.35. The minimum atomic E-state index is -1.73. The molecule has 3 heterocycles. The number of nitrogens with one attached hydrogen (secondary N) is 3. The van der Waals surface area contributed by atoms with E-state index < -0.39 is 64.2 Å². The number of thioether (sulfide) groups is 1. The lowest BCUT2D eigenvalue weighted by Crippen LogP contribution is -2.71. The smallest absolute Gasteiger partial charge is 0.352 e. The summed E-state index contributed by atoms with van der Waals surface area (Å²) in [5.74, 6) is -6.21. The number of aliphatic carboxylic acids is 2. The molecule has 1 fully saturated rings. The second kappa shape index (κ2) is 12.4. The summed E-state index contributed by atoms with van der Waals surface area (Å²) in [5, 5.41) is 44.8. The van der Waals surface area contributed by atoms with Crippen LogP contribution in [0, 0.1) is 0 Å². The number of aromatic nitrogens is 1. The standard InChI is InChI=1S/C24H25BrN6O10S2/c1-24(2,22(39)40)41-30-13(11-7-43-23(26)28-11)18(35)29-14-19(36)31-15(21(37)38)8(6-42-20(14)31)5-27-17(34)10-3-9(25)4-12(32)16(10)33/h3-4,7,13-14,20,30,32-33H,5-6H2,1-2H3,(H2,26,28)(H,27,34)(H,29,35)(H,37,38)(H,39,40)/t13?,14?,20-/m0/s1. The van der Waals surface area contributed by atoms with Gasteiger partial charge in [-0.3, -0.25) is 24.1 Å². The highest BCUT2D eigenvalue weighted by atomic mass is 79.9. The maximum Gasteiger partial charge on any atom is 0.352 e. The van der Waals surface area contributed by atoms with Crippen LogP contribution in [-0.2, 0) is 24.0 Å². The Morgan fingerprint density at radius 3 is 2.56 bits per heavy atom. The summed E-state index contributed by atoms with van der Waals surface area (Å²) in [6.07, 6.45) is 0. The van der Waals surface area contributed by atoms with E-state index in [4.69, 9.17) is 10.6 Å². The summed E-state index contributed by atoms with van der Waals surface area (Å²) in [7, 11) is 0. The molecule has 2 aliphatic heterocycles. The van der Waals surface area contributed by atoms with E-state index in [2.05, 4.69) is 37.0 Å². The molecular weight excluding hydrogens is 676 g/mol. The number of β-lactam (4-membered cyclic amide) rings is 1. The van der Waals surface area contributed by atoms with Crippen molar-refractivity contribution in [3.8, 4) is 11.5 Å². The Hall–Kier alpha value is -3.91. The number of hydrogen-bond acceptors (Lipinski definition) is 13. The fourth-order valence-electron chi connectivity index (χ4n) is 4.03. The molecule has 0 saturated carbocycles. The van der Waals surface area contributed by atoms with Gasteiger partial charge in [0.25, 0.3) is 11.8 Å². The zero-order valence-corrected chi connectivity index (χ0v) is 25.5. The Bertz CT molecular complexity index is 1550. The second-order valence-corrected chi connectivity index (χ2v) is 12.6. The molecular formula is C24H25BrN6O10S2. The van der Waals surface area contributed by atoms with Gasteiger partial charge in [0.1, 0.15) is 17.1 Å². The number of carboxylic acid groups (broad SMARTS) is 2. The van der Waals surface area contributed by atoms with Crippen LogP contribution in [0.3, 0.4) is 0 Å². The predicted molar refractivity (Wildman–Crippen MR) is 155 cm³/mol. The van der Waals surface area contributed by atoms with Crippen molar-refractivity contribution < 1.29 is 49.2 Å². The lowest BCUT2D eigenvalue weighted by Gasteiger charge is -2.49. The minimum Gasteiger partial charge on any atom is -0.504 e. The van der Waals surface area contributed by atoms with Crippen LogP contribution in [0.1, 0.15) is 35.9 Å². The topological polar surface area (TPSA) is 254 Å². The molecule has 16 nitrogen and oxygen atoms in total. The molecule has 19 heteroatoms. The van der Waals surface area contributed by atoms with Crippen LogP contribution >= 0.6 is 39.0 Å². The summed E-state index contributed by atoms with van der Waals surface area (Å²) in [5.41, 5.74) is 6.01. The molecule has 0 spiro atoms. The largest absolute Gasteiger partial charge is 0.504 e. The average Bonchev–Trinajstić information content (AvgIpc) is 3.37. The van der Waals surface area contributed by atoms with Crippen LogP contribution in [-0.4, -0.2) is 89.3 Å². The Balaban J connectivity index is 1.48. The third-order valence-corrected chi connectivity index (χ3v) is 8.84. The molecule has 4 rings (SSSR count).